The van der Waals surface area contributed by atoms with Crippen LogP contribution >= 0.6 is 22.9 Å². The second-order valence-electron chi connectivity index (χ2n) is 6.13. The van der Waals surface area contributed by atoms with Crippen LogP contribution in [0, 0.1) is 0 Å². The van der Waals surface area contributed by atoms with E-state index in [1.165, 1.54) is 28.8 Å². The number of rotatable bonds is 7. The van der Waals surface area contributed by atoms with Gasteiger partial charge in [-0.15, -0.1) is 11.3 Å². The molecule has 0 aliphatic heterocycles. The molecule has 1 aromatic carbocycles. The van der Waals surface area contributed by atoms with E-state index in [0.29, 0.717) is 14.9 Å². The molecule has 0 aliphatic rings. The lowest BCUT2D eigenvalue weighted by Crippen LogP contribution is -2.48. The molecular weight excluding hydrogens is 430 g/mol. The van der Waals surface area contributed by atoms with E-state index in [4.69, 9.17) is 11.6 Å². The van der Waals surface area contributed by atoms with Gasteiger partial charge in [0.1, 0.15) is 6.04 Å². The summed E-state index contributed by atoms with van der Waals surface area (Å²) in [5.41, 5.74) is 0.558. The Bertz CT molecular complexity index is 1140. The molecule has 0 saturated carbocycles. The van der Waals surface area contributed by atoms with Crippen molar-refractivity contribution in [2.45, 2.75) is 6.04 Å². The van der Waals surface area contributed by atoms with Crippen molar-refractivity contribution in [1.29, 1.82) is 0 Å². The molecule has 0 radical (unpaired) electrons. The zero-order chi connectivity index (χ0) is 21.7. The Morgan fingerprint density at radius 1 is 1.03 bits per heavy atom. The molecule has 0 bridgehead atoms. The van der Waals surface area contributed by atoms with E-state index in [0.717, 1.165) is 11.3 Å². The van der Waals surface area contributed by atoms with Crippen molar-refractivity contribution >= 4 is 40.7 Å². The Morgan fingerprint density at radius 3 is 2.37 bits per heavy atom. The topological polar surface area (TPSA) is 118 Å². The van der Waals surface area contributed by atoms with E-state index in [1.807, 2.05) is 0 Å². The number of carboxylic acids is 1. The summed E-state index contributed by atoms with van der Waals surface area (Å²) in [5.74, 6) is -2.40. The monoisotopic (exact) mass is 445 g/mol. The zero-order valence-electron chi connectivity index (χ0n) is 15.4. The number of aliphatic carboxylic acids is 1. The lowest BCUT2D eigenvalue weighted by atomic mass is 10.1. The van der Waals surface area contributed by atoms with Gasteiger partial charge < -0.3 is 15.7 Å². The van der Waals surface area contributed by atoms with Gasteiger partial charge in [0.05, 0.1) is 9.21 Å². The predicted octanol–water partition coefficient (Wildman–Crippen LogP) is 2.17. The number of aromatic nitrogens is 1. The summed E-state index contributed by atoms with van der Waals surface area (Å²) in [6, 6.07) is 12.6. The maximum Gasteiger partial charge on any atom is 0.328 e. The van der Waals surface area contributed by atoms with Crippen LogP contribution in [0.15, 0.2) is 65.6 Å². The number of halogens is 1. The van der Waals surface area contributed by atoms with Crippen LogP contribution in [0.4, 0.5) is 0 Å². The number of hydrogen-bond donors (Lipinski definition) is 3. The Labute approximate surface area is 179 Å². The molecule has 10 heteroatoms. The number of nitrogens with one attached hydrogen (secondary N) is 2. The van der Waals surface area contributed by atoms with Crippen LogP contribution in [0.1, 0.15) is 20.0 Å². The van der Waals surface area contributed by atoms with E-state index >= 15 is 0 Å². The second kappa shape index (κ2) is 9.38. The van der Waals surface area contributed by atoms with Crippen LogP contribution in [0.3, 0.4) is 0 Å². The number of amides is 2. The summed E-state index contributed by atoms with van der Waals surface area (Å²) >= 11 is 6.84. The van der Waals surface area contributed by atoms with Gasteiger partial charge in [-0.1, -0.05) is 17.7 Å². The van der Waals surface area contributed by atoms with Crippen molar-refractivity contribution < 1.29 is 19.5 Å². The number of carbonyl (C=O) groups excluding carboxylic acids is 2. The highest BCUT2D eigenvalue weighted by Gasteiger charge is 2.22. The average molecular weight is 446 g/mol. The number of benzene rings is 1. The van der Waals surface area contributed by atoms with E-state index in [1.54, 1.807) is 36.5 Å². The Hall–Kier alpha value is -3.43. The molecule has 30 heavy (non-hydrogen) atoms. The third-order valence-corrected chi connectivity index (χ3v) is 5.33. The third-order valence-electron chi connectivity index (χ3n) is 4.10. The van der Waals surface area contributed by atoms with Gasteiger partial charge in [-0.3, -0.25) is 19.0 Å². The minimum atomic E-state index is -1.33. The first-order valence-electron chi connectivity index (χ1n) is 8.70. The molecule has 2 heterocycles. The predicted molar refractivity (Wildman–Crippen MR) is 113 cm³/mol. The Balaban J connectivity index is 1.65. The molecule has 3 aromatic rings. The number of carboxylic acid groups (broad SMARTS) is 1. The fraction of sp³-hybridized carbons (Fsp3) is 0.100. The molecule has 0 fully saturated rings. The first kappa shape index (κ1) is 21.3. The van der Waals surface area contributed by atoms with Crippen molar-refractivity contribution in [3.8, 4) is 5.69 Å². The molecule has 8 nitrogen and oxygen atoms in total. The molecule has 0 aliphatic carbocycles. The molecule has 1 unspecified atom stereocenters. The van der Waals surface area contributed by atoms with Gasteiger partial charge in [0.2, 0.25) is 0 Å². The van der Waals surface area contributed by atoms with Crippen molar-refractivity contribution in [2.75, 3.05) is 6.54 Å². The molecule has 1 atom stereocenters. The second-order valence-corrected chi connectivity index (χ2v) is 7.85. The highest BCUT2D eigenvalue weighted by Crippen LogP contribution is 2.21. The van der Waals surface area contributed by atoms with E-state index < -0.39 is 23.8 Å². The first-order valence-corrected chi connectivity index (χ1v) is 9.90. The number of carbonyl (C=O) groups is 3. The van der Waals surface area contributed by atoms with E-state index in [9.17, 15) is 24.3 Å². The van der Waals surface area contributed by atoms with Gasteiger partial charge in [-0.05, 0) is 42.5 Å². The van der Waals surface area contributed by atoms with Gasteiger partial charge >= 0.3 is 5.97 Å². The maximum atomic E-state index is 12.4. The summed E-state index contributed by atoms with van der Waals surface area (Å²) in [5, 5.41) is 14.2. The molecule has 0 spiro atoms. The molecule has 2 amide bonds. The number of thiophene rings is 1. The van der Waals surface area contributed by atoms with Crippen molar-refractivity contribution in [3.63, 3.8) is 0 Å². The number of pyridine rings is 1. The first-order chi connectivity index (χ1) is 14.3. The summed E-state index contributed by atoms with van der Waals surface area (Å²) in [6.45, 7) is -0.299. The molecule has 3 N–H and O–H groups in total. The van der Waals surface area contributed by atoms with Gasteiger partial charge in [0.25, 0.3) is 17.4 Å². The fourth-order valence-corrected chi connectivity index (χ4v) is 3.53. The summed E-state index contributed by atoms with van der Waals surface area (Å²) in [4.78, 5) is 48.1. The molecule has 3 rings (SSSR count). The summed E-state index contributed by atoms with van der Waals surface area (Å²) < 4.78 is 1.85. The van der Waals surface area contributed by atoms with Crippen LogP contribution < -0.4 is 16.2 Å². The van der Waals surface area contributed by atoms with Gasteiger partial charge in [-0.25, -0.2) is 4.79 Å². The van der Waals surface area contributed by atoms with Crippen molar-refractivity contribution in [1.82, 2.24) is 15.2 Å². The van der Waals surface area contributed by atoms with E-state index in [2.05, 4.69) is 10.6 Å². The normalized spacial score (nSPS) is 11.5. The fourth-order valence-electron chi connectivity index (χ4n) is 2.57. The standard InChI is InChI=1S/C20H16ClN3O5S/c21-16-9-8-15(30-16)19(27)22-11-14(20(28)29)23-18(26)12-4-6-13(7-5-12)24-10-2-1-3-17(24)25/h1-10,14H,11H2,(H,22,27)(H,23,26)(H,28,29). The highest BCUT2D eigenvalue weighted by molar-refractivity contribution is 7.18. The summed E-state index contributed by atoms with van der Waals surface area (Å²) in [7, 11) is 0. The van der Waals surface area contributed by atoms with Crippen LogP contribution in [-0.4, -0.2) is 40.0 Å². The molecule has 2 aromatic heterocycles. The zero-order valence-corrected chi connectivity index (χ0v) is 16.9. The van der Waals surface area contributed by atoms with Crippen molar-refractivity contribution in [2.24, 2.45) is 0 Å². The number of nitrogens with zero attached hydrogens (tertiary/aromatic N) is 1. The smallest absolute Gasteiger partial charge is 0.328 e. The van der Waals surface area contributed by atoms with Crippen LogP contribution in [0.5, 0.6) is 0 Å². The number of hydrogen-bond acceptors (Lipinski definition) is 5. The largest absolute Gasteiger partial charge is 0.480 e. The quantitative estimate of drug-likeness (QED) is 0.515. The van der Waals surface area contributed by atoms with Crippen LogP contribution in [-0.2, 0) is 4.79 Å². The Morgan fingerprint density at radius 2 is 1.77 bits per heavy atom. The Kier molecular flexibility index (Phi) is 6.65. The lowest BCUT2D eigenvalue weighted by Gasteiger charge is -2.15. The molecule has 0 saturated heterocycles. The van der Waals surface area contributed by atoms with Crippen molar-refractivity contribution in [3.05, 3.63) is 85.9 Å². The van der Waals surface area contributed by atoms with Gasteiger partial charge in [-0.2, -0.15) is 0 Å². The lowest BCUT2D eigenvalue weighted by molar-refractivity contribution is -0.139. The third kappa shape index (κ3) is 5.13. The molecule has 154 valence electrons. The van der Waals surface area contributed by atoms with Crippen LogP contribution in [0.2, 0.25) is 4.34 Å². The van der Waals surface area contributed by atoms with Crippen LogP contribution in [0.25, 0.3) is 5.69 Å². The highest BCUT2D eigenvalue weighted by atomic mass is 35.5. The van der Waals surface area contributed by atoms with E-state index in [-0.39, 0.29) is 17.7 Å². The van der Waals surface area contributed by atoms with Gasteiger partial charge in [0, 0.05) is 30.1 Å². The average Bonchev–Trinajstić information content (AvgIpc) is 3.17. The maximum absolute atomic E-state index is 12.4. The summed E-state index contributed by atoms with van der Waals surface area (Å²) in [6.07, 6.45) is 1.60. The van der Waals surface area contributed by atoms with Gasteiger partial charge in [0.15, 0.2) is 0 Å². The molecular formula is C20H16ClN3O5S. The minimum Gasteiger partial charge on any atom is -0.480 e. The minimum absolute atomic E-state index is 0.213. The SMILES string of the molecule is O=C(NC(CNC(=O)c1ccc(Cl)s1)C(=O)O)c1ccc(-n2ccccc2=O)cc1.